The van der Waals surface area contributed by atoms with Gasteiger partial charge in [0.05, 0.1) is 12.7 Å². The van der Waals surface area contributed by atoms with Crippen molar-refractivity contribution in [1.82, 2.24) is 4.90 Å². The molecule has 2 unspecified atom stereocenters. The Morgan fingerprint density at radius 3 is 2.38 bits per heavy atom. The summed E-state index contributed by atoms with van der Waals surface area (Å²) in [6, 6.07) is 0.614. The lowest BCUT2D eigenvalue weighted by molar-refractivity contribution is 0.0526. The van der Waals surface area contributed by atoms with Crippen LogP contribution < -0.4 is 0 Å². The average molecular weight is 227 g/mol. The maximum Gasteiger partial charge on any atom is 0.0695 e. The van der Waals surface area contributed by atoms with E-state index in [1.54, 1.807) is 7.11 Å². The first-order valence-electron chi connectivity index (χ1n) is 6.63. The van der Waals surface area contributed by atoms with Gasteiger partial charge in [-0.2, -0.15) is 0 Å². The number of hydrogen-bond acceptors (Lipinski definition) is 3. The third kappa shape index (κ3) is 3.44. The molecular formula is C13H25NO2. The van der Waals surface area contributed by atoms with Gasteiger partial charge in [-0.05, 0) is 44.4 Å². The molecule has 2 rings (SSSR count). The predicted molar refractivity (Wildman–Crippen MR) is 64.4 cm³/mol. The van der Waals surface area contributed by atoms with Gasteiger partial charge in [-0.25, -0.2) is 0 Å². The highest BCUT2D eigenvalue weighted by molar-refractivity contribution is 4.89. The molecule has 2 aliphatic carbocycles. The number of rotatable bonds is 8. The lowest BCUT2D eigenvalue weighted by Crippen LogP contribution is -2.42. The molecule has 2 fully saturated rings. The zero-order valence-electron chi connectivity index (χ0n) is 10.6. The van der Waals surface area contributed by atoms with Crippen molar-refractivity contribution in [2.24, 2.45) is 11.8 Å². The van der Waals surface area contributed by atoms with Crippen molar-refractivity contribution in [3.63, 3.8) is 0 Å². The molecule has 16 heavy (non-hydrogen) atoms. The first kappa shape index (κ1) is 12.3. The van der Waals surface area contributed by atoms with Crippen LogP contribution in [0.25, 0.3) is 0 Å². The Labute approximate surface area is 98.8 Å². The average Bonchev–Trinajstić information content (AvgIpc) is 3.15. The van der Waals surface area contributed by atoms with Gasteiger partial charge in [0.2, 0.25) is 0 Å². The van der Waals surface area contributed by atoms with Crippen LogP contribution in [0.3, 0.4) is 0 Å². The zero-order valence-corrected chi connectivity index (χ0v) is 10.6. The molecule has 2 aliphatic rings. The summed E-state index contributed by atoms with van der Waals surface area (Å²) >= 11 is 0. The maximum absolute atomic E-state index is 10.0. The summed E-state index contributed by atoms with van der Waals surface area (Å²) in [5, 5.41) is 10.0. The molecular weight excluding hydrogens is 202 g/mol. The van der Waals surface area contributed by atoms with E-state index in [1.807, 2.05) is 0 Å². The Morgan fingerprint density at radius 2 is 1.88 bits per heavy atom. The van der Waals surface area contributed by atoms with Crippen molar-refractivity contribution in [3.8, 4) is 0 Å². The van der Waals surface area contributed by atoms with Gasteiger partial charge in [0, 0.05) is 26.2 Å². The van der Waals surface area contributed by atoms with Crippen molar-refractivity contribution in [3.05, 3.63) is 0 Å². The van der Waals surface area contributed by atoms with Gasteiger partial charge in [-0.15, -0.1) is 0 Å². The number of ether oxygens (including phenoxy) is 1. The minimum absolute atomic E-state index is 0.113. The van der Waals surface area contributed by atoms with Crippen LogP contribution in [0, 0.1) is 11.8 Å². The summed E-state index contributed by atoms with van der Waals surface area (Å²) in [5.41, 5.74) is 0. The molecule has 0 aromatic heterocycles. The molecule has 0 radical (unpaired) electrons. The minimum atomic E-state index is -0.113. The number of hydrogen-bond donors (Lipinski definition) is 1. The van der Waals surface area contributed by atoms with E-state index in [1.165, 1.54) is 25.7 Å². The summed E-state index contributed by atoms with van der Waals surface area (Å²) in [4.78, 5) is 2.42. The lowest BCUT2D eigenvalue weighted by atomic mass is 10.1. The summed E-state index contributed by atoms with van der Waals surface area (Å²) < 4.78 is 5.16. The number of methoxy groups -OCH3 is 1. The van der Waals surface area contributed by atoms with E-state index in [-0.39, 0.29) is 6.10 Å². The summed E-state index contributed by atoms with van der Waals surface area (Å²) in [7, 11) is 1.75. The van der Waals surface area contributed by atoms with E-state index >= 15 is 0 Å². The van der Waals surface area contributed by atoms with Crippen molar-refractivity contribution in [2.75, 3.05) is 26.8 Å². The number of nitrogens with zero attached hydrogens (tertiary/aromatic N) is 1. The number of aliphatic hydroxyl groups is 1. The Balaban J connectivity index is 1.79. The quantitative estimate of drug-likeness (QED) is 0.682. The van der Waals surface area contributed by atoms with Gasteiger partial charge in [0.1, 0.15) is 0 Å². The summed E-state index contributed by atoms with van der Waals surface area (Å²) in [6.45, 7) is 4.87. The van der Waals surface area contributed by atoms with E-state index in [4.69, 9.17) is 4.74 Å². The van der Waals surface area contributed by atoms with E-state index < -0.39 is 0 Å². The predicted octanol–water partition coefficient (Wildman–Crippen LogP) is 1.50. The van der Waals surface area contributed by atoms with Crippen LogP contribution in [-0.2, 0) is 4.74 Å². The van der Waals surface area contributed by atoms with Crippen molar-refractivity contribution < 1.29 is 9.84 Å². The van der Waals surface area contributed by atoms with Crippen LogP contribution in [0.2, 0.25) is 0 Å². The van der Waals surface area contributed by atoms with Crippen molar-refractivity contribution in [2.45, 2.75) is 44.8 Å². The maximum atomic E-state index is 10.0. The third-order valence-electron chi connectivity index (χ3n) is 4.05. The zero-order chi connectivity index (χ0) is 11.5. The third-order valence-corrected chi connectivity index (χ3v) is 4.05. The van der Waals surface area contributed by atoms with Crippen molar-refractivity contribution in [1.29, 1.82) is 0 Å². The topological polar surface area (TPSA) is 32.7 Å². The molecule has 0 aromatic carbocycles. The Morgan fingerprint density at radius 1 is 1.25 bits per heavy atom. The molecule has 0 spiro atoms. The van der Waals surface area contributed by atoms with Gasteiger partial charge in [-0.1, -0.05) is 0 Å². The van der Waals surface area contributed by atoms with E-state index in [0.717, 1.165) is 25.6 Å². The molecule has 0 aromatic rings. The molecule has 2 saturated carbocycles. The Kier molecular flexibility index (Phi) is 4.22. The molecule has 3 nitrogen and oxygen atoms in total. The Hall–Kier alpha value is -0.120. The van der Waals surface area contributed by atoms with Gasteiger partial charge in [-0.3, -0.25) is 4.90 Å². The van der Waals surface area contributed by atoms with Crippen LogP contribution >= 0.6 is 0 Å². The molecule has 0 aliphatic heterocycles. The lowest BCUT2D eigenvalue weighted by Gasteiger charge is -2.31. The van der Waals surface area contributed by atoms with Gasteiger partial charge in [0.25, 0.3) is 0 Å². The van der Waals surface area contributed by atoms with Crippen LogP contribution in [0.15, 0.2) is 0 Å². The first-order chi connectivity index (χ1) is 7.72. The fourth-order valence-corrected chi connectivity index (χ4v) is 2.42. The highest BCUT2D eigenvalue weighted by Gasteiger charge is 2.35. The number of aliphatic hydroxyl groups excluding tert-OH is 1. The monoisotopic (exact) mass is 227 g/mol. The largest absolute Gasteiger partial charge is 0.392 e. The normalized spacial score (nSPS) is 24.8. The molecule has 0 heterocycles. The summed E-state index contributed by atoms with van der Waals surface area (Å²) in [6.07, 6.45) is 5.06. The van der Waals surface area contributed by atoms with E-state index in [0.29, 0.717) is 12.0 Å². The van der Waals surface area contributed by atoms with E-state index in [2.05, 4.69) is 11.8 Å². The highest BCUT2D eigenvalue weighted by Crippen LogP contribution is 2.37. The van der Waals surface area contributed by atoms with E-state index in [9.17, 15) is 5.11 Å². The second-order valence-corrected chi connectivity index (χ2v) is 5.47. The SMILES string of the molecule is COCCN(CC(O)C1CC1)C(C)C1CC1. The molecule has 3 heteroatoms. The van der Waals surface area contributed by atoms with Gasteiger partial charge < -0.3 is 9.84 Å². The summed E-state index contributed by atoms with van der Waals surface area (Å²) in [5.74, 6) is 1.44. The molecule has 0 bridgehead atoms. The fourth-order valence-electron chi connectivity index (χ4n) is 2.42. The first-order valence-corrected chi connectivity index (χ1v) is 6.63. The fraction of sp³-hybridized carbons (Fsp3) is 1.00. The molecule has 0 saturated heterocycles. The van der Waals surface area contributed by atoms with Crippen LogP contribution in [0.1, 0.15) is 32.6 Å². The minimum Gasteiger partial charge on any atom is -0.392 e. The second kappa shape index (κ2) is 5.48. The van der Waals surface area contributed by atoms with Crippen LogP contribution in [0.4, 0.5) is 0 Å². The van der Waals surface area contributed by atoms with Crippen LogP contribution in [-0.4, -0.2) is 49.0 Å². The molecule has 1 N–H and O–H groups in total. The van der Waals surface area contributed by atoms with Crippen molar-refractivity contribution >= 4 is 0 Å². The standard InChI is InChI=1S/C13H25NO2/c1-10(11-3-4-11)14(7-8-16-2)9-13(15)12-5-6-12/h10-13,15H,3-9H2,1-2H3. The molecule has 2 atom stereocenters. The Bertz CT molecular complexity index is 214. The smallest absolute Gasteiger partial charge is 0.0695 e. The van der Waals surface area contributed by atoms with Gasteiger partial charge >= 0.3 is 0 Å². The van der Waals surface area contributed by atoms with Gasteiger partial charge in [0.15, 0.2) is 0 Å². The van der Waals surface area contributed by atoms with Crippen LogP contribution in [0.5, 0.6) is 0 Å². The molecule has 94 valence electrons. The second-order valence-electron chi connectivity index (χ2n) is 5.47. The highest BCUT2D eigenvalue weighted by atomic mass is 16.5. The molecule has 0 amide bonds.